The molecule has 1 N–H and O–H groups in total. The van der Waals surface area contributed by atoms with E-state index in [1.165, 1.54) is 17.0 Å². The summed E-state index contributed by atoms with van der Waals surface area (Å²) in [5, 5.41) is 14.1. The average molecular weight is 415 g/mol. The first-order valence-electron chi connectivity index (χ1n) is 9.77. The zero-order chi connectivity index (χ0) is 21.4. The van der Waals surface area contributed by atoms with Crippen LogP contribution >= 0.6 is 0 Å². The van der Waals surface area contributed by atoms with E-state index >= 15 is 0 Å². The Morgan fingerprint density at radius 2 is 2.17 bits per heavy atom. The number of rotatable bonds is 8. The number of benzene rings is 1. The lowest BCUT2D eigenvalue weighted by Crippen LogP contribution is -2.41. The van der Waals surface area contributed by atoms with Crippen LogP contribution in [0.4, 0.5) is 18.9 Å². The third-order valence-corrected chi connectivity index (χ3v) is 4.82. The van der Waals surface area contributed by atoms with E-state index in [9.17, 15) is 23.3 Å². The van der Waals surface area contributed by atoms with Crippen LogP contribution in [0.25, 0.3) is 0 Å². The Hall–Kier alpha value is -2.36. The smallest absolute Gasteiger partial charge is 0.357 e. The predicted octanol–water partition coefficient (Wildman–Crippen LogP) is 3.27. The summed E-state index contributed by atoms with van der Waals surface area (Å²) >= 11 is 0. The molecule has 1 heterocycles. The van der Waals surface area contributed by atoms with Crippen LogP contribution < -0.4 is 5.32 Å². The number of alkyl halides is 3. The van der Waals surface area contributed by atoms with Crippen LogP contribution in [0.3, 0.4) is 0 Å². The van der Waals surface area contributed by atoms with Crippen molar-refractivity contribution >= 4 is 11.6 Å². The number of hydrogen-bond donors (Lipinski definition) is 1. The molecule has 0 bridgehead atoms. The molecule has 1 aliphatic rings. The van der Waals surface area contributed by atoms with Gasteiger partial charge in [-0.3, -0.25) is 15.0 Å². The number of hydrogen-bond acceptors (Lipinski definition) is 4. The van der Waals surface area contributed by atoms with Gasteiger partial charge in [-0.1, -0.05) is 19.1 Å². The SMILES string of the molecule is CCNC(=NCc1cccc([N+](=O)[O-])c1)N1CCC(CN(CC)CC(F)(F)F)C1. The Morgan fingerprint density at radius 3 is 2.79 bits per heavy atom. The van der Waals surface area contributed by atoms with Gasteiger partial charge in [0.25, 0.3) is 5.69 Å². The summed E-state index contributed by atoms with van der Waals surface area (Å²) in [5.74, 6) is 0.819. The first-order chi connectivity index (χ1) is 13.7. The fourth-order valence-electron chi connectivity index (χ4n) is 3.46. The van der Waals surface area contributed by atoms with Crippen molar-refractivity contribution in [1.29, 1.82) is 0 Å². The van der Waals surface area contributed by atoms with E-state index in [0.29, 0.717) is 38.7 Å². The van der Waals surface area contributed by atoms with Gasteiger partial charge in [0.1, 0.15) is 0 Å². The van der Waals surface area contributed by atoms with Crippen LogP contribution in [0.1, 0.15) is 25.8 Å². The molecule has 1 atom stereocenters. The van der Waals surface area contributed by atoms with Crippen molar-refractivity contribution in [1.82, 2.24) is 15.1 Å². The van der Waals surface area contributed by atoms with E-state index in [2.05, 4.69) is 10.3 Å². The molecule has 0 saturated carbocycles. The zero-order valence-corrected chi connectivity index (χ0v) is 16.8. The number of nitro benzene ring substituents is 1. The fraction of sp³-hybridized carbons (Fsp3) is 0.632. The maximum atomic E-state index is 12.7. The molecule has 1 unspecified atom stereocenters. The second-order valence-corrected chi connectivity index (χ2v) is 7.14. The lowest BCUT2D eigenvalue weighted by Gasteiger charge is -2.26. The minimum absolute atomic E-state index is 0.0215. The van der Waals surface area contributed by atoms with Crippen LogP contribution in [0.2, 0.25) is 0 Å². The van der Waals surface area contributed by atoms with E-state index < -0.39 is 17.6 Å². The molecular formula is C19H28F3N5O2. The summed E-state index contributed by atoms with van der Waals surface area (Å²) in [6, 6.07) is 6.34. The van der Waals surface area contributed by atoms with Gasteiger partial charge in [-0.25, -0.2) is 4.99 Å². The van der Waals surface area contributed by atoms with Gasteiger partial charge < -0.3 is 10.2 Å². The van der Waals surface area contributed by atoms with Crippen molar-refractivity contribution in [2.75, 3.05) is 39.3 Å². The van der Waals surface area contributed by atoms with Crippen LogP contribution in [0.15, 0.2) is 29.3 Å². The molecule has 7 nitrogen and oxygen atoms in total. The summed E-state index contributed by atoms with van der Waals surface area (Å²) in [6.45, 7) is 5.85. The average Bonchev–Trinajstić information content (AvgIpc) is 3.12. The molecule has 10 heteroatoms. The van der Waals surface area contributed by atoms with Crippen LogP contribution in [-0.4, -0.2) is 66.1 Å². The summed E-state index contributed by atoms with van der Waals surface area (Å²) in [4.78, 5) is 18.5. The molecule has 1 saturated heterocycles. The molecule has 0 aliphatic carbocycles. The highest BCUT2D eigenvalue weighted by atomic mass is 19.4. The summed E-state index contributed by atoms with van der Waals surface area (Å²) in [7, 11) is 0. The maximum Gasteiger partial charge on any atom is 0.401 e. The quantitative estimate of drug-likeness (QED) is 0.305. The Morgan fingerprint density at radius 1 is 1.41 bits per heavy atom. The zero-order valence-electron chi connectivity index (χ0n) is 16.8. The largest absolute Gasteiger partial charge is 0.401 e. The van der Waals surface area contributed by atoms with Gasteiger partial charge in [-0.05, 0) is 31.4 Å². The second-order valence-electron chi connectivity index (χ2n) is 7.14. The van der Waals surface area contributed by atoms with Crippen molar-refractivity contribution in [3.05, 3.63) is 39.9 Å². The molecule has 0 radical (unpaired) electrons. The Kier molecular flexibility index (Phi) is 8.24. The van der Waals surface area contributed by atoms with Crippen molar-refractivity contribution < 1.29 is 18.1 Å². The van der Waals surface area contributed by atoms with E-state index in [1.54, 1.807) is 19.1 Å². The van der Waals surface area contributed by atoms with Gasteiger partial charge >= 0.3 is 6.18 Å². The number of aliphatic imine (C=N–C) groups is 1. The minimum Gasteiger partial charge on any atom is -0.357 e. The number of halogens is 3. The molecule has 0 amide bonds. The molecule has 1 fully saturated rings. The number of nitro groups is 1. The Balaban J connectivity index is 1.99. The third-order valence-electron chi connectivity index (χ3n) is 4.82. The number of likely N-dealkylation sites (tertiary alicyclic amines) is 1. The number of nitrogens with zero attached hydrogens (tertiary/aromatic N) is 4. The monoisotopic (exact) mass is 415 g/mol. The third kappa shape index (κ3) is 7.52. The molecule has 0 spiro atoms. The van der Waals surface area contributed by atoms with E-state index in [0.717, 1.165) is 18.5 Å². The molecule has 162 valence electrons. The number of guanidine groups is 1. The van der Waals surface area contributed by atoms with Gasteiger partial charge in [0.05, 0.1) is 18.0 Å². The first-order valence-corrected chi connectivity index (χ1v) is 9.77. The van der Waals surface area contributed by atoms with E-state index in [-0.39, 0.29) is 11.6 Å². The predicted molar refractivity (Wildman–Crippen MR) is 106 cm³/mol. The highest BCUT2D eigenvalue weighted by Gasteiger charge is 2.33. The highest BCUT2D eigenvalue weighted by Crippen LogP contribution is 2.22. The molecule has 0 aromatic heterocycles. The van der Waals surface area contributed by atoms with Gasteiger partial charge in [0, 0.05) is 38.3 Å². The summed E-state index contributed by atoms with van der Waals surface area (Å²) in [5.41, 5.74) is 0.751. The van der Waals surface area contributed by atoms with Crippen LogP contribution in [0, 0.1) is 16.0 Å². The molecular weight excluding hydrogens is 387 g/mol. The van der Waals surface area contributed by atoms with Gasteiger partial charge in [0.2, 0.25) is 0 Å². The standard InChI is InChI=1S/C19H28F3N5O2/c1-3-23-18(24-11-15-6-5-7-17(10-15)27(28)29)26-9-8-16(13-26)12-25(4-2)14-19(20,21)22/h5-7,10,16H,3-4,8-9,11-14H2,1-2H3,(H,23,24). The maximum absolute atomic E-state index is 12.7. The normalized spacial score (nSPS) is 17.8. The Bertz CT molecular complexity index is 711. The van der Waals surface area contributed by atoms with Gasteiger partial charge in [0.15, 0.2) is 5.96 Å². The van der Waals surface area contributed by atoms with Gasteiger partial charge in [-0.2, -0.15) is 13.2 Å². The molecule has 29 heavy (non-hydrogen) atoms. The first kappa shape index (κ1) is 22.9. The summed E-state index contributed by atoms with van der Waals surface area (Å²) in [6.07, 6.45) is -3.39. The van der Waals surface area contributed by atoms with Gasteiger partial charge in [-0.15, -0.1) is 0 Å². The van der Waals surface area contributed by atoms with Crippen molar-refractivity contribution in [2.45, 2.75) is 33.0 Å². The molecule has 1 aromatic carbocycles. The van der Waals surface area contributed by atoms with E-state index in [4.69, 9.17) is 0 Å². The molecule has 1 aromatic rings. The summed E-state index contributed by atoms with van der Waals surface area (Å²) < 4.78 is 38.1. The second kappa shape index (κ2) is 10.4. The van der Waals surface area contributed by atoms with Crippen molar-refractivity contribution in [3.8, 4) is 0 Å². The Labute approximate surface area is 168 Å². The van der Waals surface area contributed by atoms with Crippen LogP contribution in [0.5, 0.6) is 0 Å². The van der Waals surface area contributed by atoms with E-state index in [1.807, 2.05) is 11.8 Å². The van der Waals surface area contributed by atoms with Crippen LogP contribution in [-0.2, 0) is 6.54 Å². The number of nitrogens with one attached hydrogen (secondary N) is 1. The topological polar surface area (TPSA) is 74.0 Å². The highest BCUT2D eigenvalue weighted by molar-refractivity contribution is 5.80. The lowest BCUT2D eigenvalue weighted by atomic mass is 10.1. The lowest BCUT2D eigenvalue weighted by molar-refractivity contribution is -0.384. The number of non-ortho nitro benzene ring substituents is 1. The molecule has 1 aliphatic heterocycles. The fourth-order valence-corrected chi connectivity index (χ4v) is 3.46. The minimum atomic E-state index is -4.19. The molecule has 2 rings (SSSR count). The van der Waals surface area contributed by atoms with Crippen molar-refractivity contribution in [3.63, 3.8) is 0 Å². The van der Waals surface area contributed by atoms with Crippen molar-refractivity contribution in [2.24, 2.45) is 10.9 Å².